The molecule has 2 rings (SSSR count). The molecule has 1 amide bonds. The summed E-state index contributed by atoms with van der Waals surface area (Å²) in [6.07, 6.45) is 0.805. The lowest BCUT2D eigenvalue weighted by molar-refractivity contribution is 0.0908. The van der Waals surface area contributed by atoms with Crippen molar-refractivity contribution in [2.24, 2.45) is 0 Å². The van der Waals surface area contributed by atoms with Crippen molar-refractivity contribution < 1.29 is 9.21 Å². The molecule has 0 fully saturated rings. The van der Waals surface area contributed by atoms with E-state index in [0.717, 1.165) is 31.8 Å². The highest BCUT2D eigenvalue weighted by Gasteiger charge is 2.15. The molecule has 1 unspecified atom stereocenters. The molecule has 0 aliphatic carbocycles. The molecule has 0 aliphatic heterocycles. The highest BCUT2D eigenvalue weighted by atomic mass is 35.5. The number of carbonyl (C=O) groups is 1. The molecule has 5 heteroatoms. The summed E-state index contributed by atoms with van der Waals surface area (Å²) in [6.45, 7) is 8.90. The Morgan fingerprint density at radius 2 is 1.79 bits per heavy atom. The molecule has 0 radical (unpaired) electrons. The molecule has 132 valence electrons. The minimum atomic E-state index is -0.153. The molecule has 24 heavy (non-hydrogen) atoms. The van der Waals surface area contributed by atoms with E-state index in [2.05, 4.69) is 36.2 Å². The number of amides is 1. The summed E-state index contributed by atoms with van der Waals surface area (Å²) in [5.74, 6) is 1.06. The summed E-state index contributed by atoms with van der Waals surface area (Å²) in [5.41, 5.74) is 1.21. The average Bonchev–Trinajstić information content (AvgIpc) is 3.02. The quantitative estimate of drug-likeness (QED) is 0.785. The van der Waals surface area contributed by atoms with Gasteiger partial charge in [0.1, 0.15) is 5.76 Å². The number of nitrogens with one attached hydrogen (secondary N) is 1. The van der Waals surface area contributed by atoms with E-state index < -0.39 is 0 Å². The van der Waals surface area contributed by atoms with E-state index >= 15 is 0 Å². The fraction of sp³-hybridized carbons (Fsp3) is 0.421. The van der Waals surface area contributed by atoms with Crippen LogP contribution in [0.1, 0.15) is 42.6 Å². The lowest BCUT2D eigenvalue weighted by Crippen LogP contribution is -2.33. The van der Waals surface area contributed by atoms with Crippen LogP contribution in [0.15, 0.2) is 46.9 Å². The second-order valence-electron chi connectivity index (χ2n) is 5.79. The van der Waals surface area contributed by atoms with Crippen molar-refractivity contribution >= 4 is 18.3 Å². The van der Waals surface area contributed by atoms with Gasteiger partial charge in [-0.05, 0) is 44.1 Å². The maximum atomic E-state index is 12.3. The fourth-order valence-corrected chi connectivity index (χ4v) is 2.57. The van der Waals surface area contributed by atoms with Gasteiger partial charge in [0.05, 0.1) is 6.54 Å². The third kappa shape index (κ3) is 6.02. The summed E-state index contributed by atoms with van der Waals surface area (Å²) in [5, 5.41) is 2.99. The first-order chi connectivity index (χ1) is 11.1. The monoisotopic (exact) mass is 350 g/mol. The van der Waals surface area contributed by atoms with Crippen LogP contribution in [0.25, 0.3) is 0 Å². The van der Waals surface area contributed by atoms with E-state index in [1.807, 2.05) is 31.2 Å². The normalized spacial score (nSPS) is 11.8. The van der Waals surface area contributed by atoms with Crippen molar-refractivity contribution in [3.63, 3.8) is 0 Å². The third-order valence-corrected chi connectivity index (χ3v) is 3.92. The van der Waals surface area contributed by atoms with Crippen molar-refractivity contribution in [2.45, 2.75) is 39.8 Å². The van der Waals surface area contributed by atoms with Gasteiger partial charge in [0, 0.05) is 6.04 Å². The van der Waals surface area contributed by atoms with Crippen molar-refractivity contribution in [1.82, 2.24) is 10.2 Å². The highest BCUT2D eigenvalue weighted by molar-refractivity contribution is 5.91. The molecule has 1 aromatic carbocycles. The largest absolute Gasteiger partial charge is 0.455 e. The fourth-order valence-electron chi connectivity index (χ4n) is 2.57. The molecule has 0 saturated carbocycles. The van der Waals surface area contributed by atoms with Gasteiger partial charge in [0.25, 0.3) is 5.91 Å². The van der Waals surface area contributed by atoms with Gasteiger partial charge in [0.2, 0.25) is 0 Å². The van der Waals surface area contributed by atoms with Crippen LogP contribution in [-0.2, 0) is 13.0 Å². The Morgan fingerprint density at radius 1 is 1.12 bits per heavy atom. The first kappa shape index (κ1) is 20.3. The topological polar surface area (TPSA) is 45.5 Å². The van der Waals surface area contributed by atoms with Gasteiger partial charge in [-0.15, -0.1) is 12.4 Å². The minimum absolute atomic E-state index is 0. The first-order valence-electron chi connectivity index (χ1n) is 8.28. The zero-order valence-electron chi connectivity index (χ0n) is 14.6. The molecule has 0 bridgehead atoms. The minimum Gasteiger partial charge on any atom is -0.455 e. The Hall–Kier alpha value is -1.78. The van der Waals surface area contributed by atoms with Crippen LogP contribution in [0.3, 0.4) is 0 Å². The zero-order chi connectivity index (χ0) is 16.7. The Morgan fingerprint density at radius 3 is 2.42 bits per heavy atom. The number of carbonyl (C=O) groups excluding carboxylic acids is 1. The van der Waals surface area contributed by atoms with Gasteiger partial charge in [-0.2, -0.15) is 0 Å². The molecule has 0 saturated heterocycles. The van der Waals surface area contributed by atoms with Gasteiger partial charge in [0.15, 0.2) is 5.76 Å². The number of furan rings is 1. The van der Waals surface area contributed by atoms with E-state index in [9.17, 15) is 4.79 Å². The predicted octanol–water partition coefficient (Wildman–Crippen LogP) is 3.90. The molecule has 4 nitrogen and oxygen atoms in total. The molecule has 1 N–H and O–H groups in total. The number of halogens is 1. The lowest BCUT2D eigenvalue weighted by Gasteiger charge is -2.16. The number of rotatable bonds is 8. The van der Waals surface area contributed by atoms with Crippen LogP contribution in [-0.4, -0.2) is 29.9 Å². The highest BCUT2D eigenvalue weighted by Crippen LogP contribution is 2.11. The maximum Gasteiger partial charge on any atom is 0.287 e. The second kappa shape index (κ2) is 10.2. The van der Waals surface area contributed by atoms with Crippen LogP contribution < -0.4 is 5.32 Å². The van der Waals surface area contributed by atoms with E-state index in [-0.39, 0.29) is 24.4 Å². The Kier molecular flexibility index (Phi) is 8.58. The van der Waals surface area contributed by atoms with Crippen LogP contribution in [0.5, 0.6) is 0 Å². The van der Waals surface area contributed by atoms with E-state index in [1.54, 1.807) is 6.07 Å². The summed E-state index contributed by atoms with van der Waals surface area (Å²) in [4.78, 5) is 14.5. The first-order valence-corrected chi connectivity index (χ1v) is 8.28. The zero-order valence-corrected chi connectivity index (χ0v) is 15.4. The Bertz CT molecular complexity index is 609. The summed E-state index contributed by atoms with van der Waals surface area (Å²) in [6, 6.07) is 13.8. The van der Waals surface area contributed by atoms with Gasteiger partial charge in [-0.1, -0.05) is 44.2 Å². The van der Waals surface area contributed by atoms with Crippen LogP contribution in [0, 0.1) is 0 Å². The van der Waals surface area contributed by atoms with Gasteiger partial charge in [-0.25, -0.2) is 0 Å². The lowest BCUT2D eigenvalue weighted by atomic mass is 10.1. The predicted molar refractivity (Wildman–Crippen MR) is 99.7 cm³/mol. The Labute approximate surface area is 150 Å². The van der Waals surface area contributed by atoms with Crippen molar-refractivity contribution in [3.8, 4) is 0 Å². The molecular weight excluding hydrogens is 324 g/mol. The summed E-state index contributed by atoms with van der Waals surface area (Å²) < 4.78 is 5.68. The summed E-state index contributed by atoms with van der Waals surface area (Å²) in [7, 11) is 0. The smallest absolute Gasteiger partial charge is 0.287 e. The standard InChI is InChI=1S/C19H26N2O2.ClH/c1-4-21(5-2)14-17-11-12-18(23-17)19(22)20-15(3)13-16-9-7-6-8-10-16;/h6-12,15H,4-5,13-14H2,1-3H3,(H,20,22);1H. The second-order valence-corrected chi connectivity index (χ2v) is 5.79. The van der Waals surface area contributed by atoms with Crippen LogP contribution in [0.2, 0.25) is 0 Å². The summed E-state index contributed by atoms with van der Waals surface area (Å²) >= 11 is 0. The van der Waals surface area contributed by atoms with Crippen LogP contribution >= 0.6 is 12.4 Å². The molecule has 1 atom stereocenters. The molecule has 1 heterocycles. The Balaban J connectivity index is 0.00000288. The number of nitrogens with zero attached hydrogens (tertiary/aromatic N) is 1. The SMILES string of the molecule is CCN(CC)Cc1ccc(C(=O)NC(C)Cc2ccccc2)o1.Cl. The third-order valence-electron chi connectivity index (χ3n) is 3.92. The van der Waals surface area contributed by atoms with E-state index in [1.165, 1.54) is 5.56 Å². The van der Waals surface area contributed by atoms with Gasteiger partial charge in [-0.3, -0.25) is 9.69 Å². The molecule has 1 aromatic heterocycles. The van der Waals surface area contributed by atoms with Crippen molar-refractivity contribution in [3.05, 3.63) is 59.5 Å². The molecule has 0 spiro atoms. The average molecular weight is 351 g/mol. The molecule has 0 aliphatic rings. The number of hydrogen-bond donors (Lipinski definition) is 1. The molecule has 2 aromatic rings. The molecular formula is C19H27ClN2O2. The number of hydrogen-bond acceptors (Lipinski definition) is 3. The van der Waals surface area contributed by atoms with Gasteiger partial charge < -0.3 is 9.73 Å². The maximum absolute atomic E-state index is 12.3. The van der Waals surface area contributed by atoms with Crippen molar-refractivity contribution in [2.75, 3.05) is 13.1 Å². The van der Waals surface area contributed by atoms with Gasteiger partial charge >= 0.3 is 0 Å². The van der Waals surface area contributed by atoms with Crippen molar-refractivity contribution in [1.29, 1.82) is 0 Å². The van der Waals surface area contributed by atoms with Crippen LogP contribution in [0.4, 0.5) is 0 Å². The van der Waals surface area contributed by atoms with E-state index in [0.29, 0.717) is 5.76 Å². The van der Waals surface area contributed by atoms with E-state index in [4.69, 9.17) is 4.42 Å². The number of benzene rings is 1.